The number of nitriles is 1. The van der Waals surface area contributed by atoms with Gasteiger partial charge < -0.3 is 9.47 Å². The quantitative estimate of drug-likeness (QED) is 0.774. The molecule has 21 heavy (non-hydrogen) atoms. The topological polar surface area (TPSA) is 42.2 Å². The lowest BCUT2D eigenvalue weighted by atomic mass is 10.1. The van der Waals surface area contributed by atoms with Crippen molar-refractivity contribution in [1.29, 1.82) is 5.26 Å². The molecular formula is C17H16ClNO2. The number of halogens is 1. The molecule has 0 fully saturated rings. The molecule has 0 bridgehead atoms. The third-order valence-corrected chi connectivity index (χ3v) is 3.29. The number of benzene rings is 2. The van der Waals surface area contributed by atoms with Gasteiger partial charge in [0.15, 0.2) is 0 Å². The molecule has 0 heterocycles. The number of para-hydroxylation sites is 1. The van der Waals surface area contributed by atoms with Crippen LogP contribution < -0.4 is 9.47 Å². The zero-order valence-electron chi connectivity index (χ0n) is 12.0. The van der Waals surface area contributed by atoms with Gasteiger partial charge in [0.25, 0.3) is 0 Å². The summed E-state index contributed by atoms with van der Waals surface area (Å²) in [6.07, 6.45) is 0. The van der Waals surface area contributed by atoms with E-state index in [1.165, 1.54) is 0 Å². The zero-order valence-corrected chi connectivity index (χ0v) is 12.8. The molecule has 0 spiro atoms. The average Bonchev–Trinajstić information content (AvgIpc) is 2.47. The Kier molecular flexibility index (Phi) is 5.08. The molecule has 2 rings (SSSR count). The molecule has 0 atom stereocenters. The third kappa shape index (κ3) is 3.90. The smallest absolute Gasteiger partial charge is 0.137 e. The van der Waals surface area contributed by atoms with E-state index in [1.807, 2.05) is 32.0 Å². The molecule has 0 saturated carbocycles. The first-order valence-electron chi connectivity index (χ1n) is 6.63. The number of hydrogen-bond acceptors (Lipinski definition) is 3. The summed E-state index contributed by atoms with van der Waals surface area (Å²) in [5, 5.41) is 9.55. The van der Waals surface area contributed by atoms with Gasteiger partial charge in [0.05, 0.1) is 5.56 Å². The molecule has 0 aliphatic carbocycles. The van der Waals surface area contributed by atoms with Crippen molar-refractivity contribution < 1.29 is 9.47 Å². The molecule has 3 nitrogen and oxygen atoms in total. The second-order valence-corrected chi connectivity index (χ2v) is 5.11. The van der Waals surface area contributed by atoms with Crippen LogP contribution >= 0.6 is 11.6 Å². The Morgan fingerprint density at radius 2 is 1.71 bits per heavy atom. The van der Waals surface area contributed by atoms with Crippen LogP contribution in [0.3, 0.4) is 0 Å². The van der Waals surface area contributed by atoms with E-state index in [0.717, 1.165) is 16.9 Å². The van der Waals surface area contributed by atoms with Crippen molar-refractivity contribution in [3.05, 3.63) is 58.1 Å². The maximum absolute atomic E-state index is 9.03. The third-order valence-electron chi connectivity index (χ3n) is 3.06. The number of aryl methyl sites for hydroxylation is 2. The highest BCUT2D eigenvalue weighted by molar-refractivity contribution is 6.30. The van der Waals surface area contributed by atoms with Gasteiger partial charge in [0.1, 0.15) is 30.8 Å². The normalized spacial score (nSPS) is 10.0. The molecule has 108 valence electrons. The Hall–Kier alpha value is -2.18. The standard InChI is InChI=1S/C17H16ClNO2/c1-12-4-3-5-13(2)17(12)21-9-8-20-16-7-6-15(18)10-14(16)11-19/h3-7,10H,8-9H2,1-2H3. The van der Waals surface area contributed by atoms with Crippen LogP contribution in [0.1, 0.15) is 16.7 Å². The van der Waals surface area contributed by atoms with Gasteiger partial charge in [-0.25, -0.2) is 0 Å². The molecule has 0 amide bonds. The van der Waals surface area contributed by atoms with Gasteiger partial charge in [0, 0.05) is 5.02 Å². The van der Waals surface area contributed by atoms with Gasteiger partial charge in [-0.2, -0.15) is 5.26 Å². The fourth-order valence-corrected chi connectivity index (χ4v) is 2.21. The van der Waals surface area contributed by atoms with E-state index in [1.54, 1.807) is 18.2 Å². The first kappa shape index (κ1) is 15.2. The lowest BCUT2D eigenvalue weighted by Gasteiger charge is -2.13. The summed E-state index contributed by atoms with van der Waals surface area (Å²) in [7, 11) is 0. The summed E-state index contributed by atoms with van der Waals surface area (Å²) in [5.41, 5.74) is 2.62. The first-order valence-corrected chi connectivity index (χ1v) is 7.01. The van der Waals surface area contributed by atoms with Crippen molar-refractivity contribution in [2.75, 3.05) is 13.2 Å². The molecule has 4 heteroatoms. The number of ether oxygens (including phenoxy) is 2. The highest BCUT2D eigenvalue weighted by Gasteiger charge is 2.06. The SMILES string of the molecule is Cc1cccc(C)c1OCCOc1ccc(Cl)cc1C#N. The van der Waals surface area contributed by atoms with E-state index in [4.69, 9.17) is 26.3 Å². The summed E-state index contributed by atoms with van der Waals surface area (Å²) in [6.45, 7) is 4.80. The maximum atomic E-state index is 9.03. The largest absolute Gasteiger partial charge is 0.489 e. The molecule has 0 aliphatic rings. The Morgan fingerprint density at radius 1 is 1.05 bits per heavy atom. The fraction of sp³-hybridized carbons (Fsp3) is 0.235. The van der Waals surface area contributed by atoms with E-state index in [9.17, 15) is 0 Å². The summed E-state index contributed by atoms with van der Waals surface area (Å²) in [6, 6.07) is 13.1. The van der Waals surface area contributed by atoms with E-state index >= 15 is 0 Å². The number of hydrogen-bond donors (Lipinski definition) is 0. The first-order chi connectivity index (χ1) is 10.1. The van der Waals surface area contributed by atoms with Crippen molar-refractivity contribution in [3.63, 3.8) is 0 Å². The Morgan fingerprint density at radius 3 is 2.38 bits per heavy atom. The van der Waals surface area contributed by atoms with Gasteiger partial charge in [0.2, 0.25) is 0 Å². The Balaban J connectivity index is 1.92. The van der Waals surface area contributed by atoms with Crippen molar-refractivity contribution in [3.8, 4) is 17.6 Å². The van der Waals surface area contributed by atoms with E-state index in [-0.39, 0.29) is 0 Å². The van der Waals surface area contributed by atoms with Gasteiger partial charge in [-0.05, 0) is 43.2 Å². The van der Waals surface area contributed by atoms with E-state index < -0.39 is 0 Å². The van der Waals surface area contributed by atoms with Crippen LogP contribution in [0.15, 0.2) is 36.4 Å². The minimum absolute atomic E-state index is 0.365. The predicted molar refractivity (Wildman–Crippen MR) is 83.1 cm³/mol. The second-order valence-electron chi connectivity index (χ2n) is 4.67. The average molecular weight is 302 g/mol. The van der Waals surface area contributed by atoms with E-state index in [0.29, 0.717) is 29.5 Å². The number of nitrogens with zero attached hydrogens (tertiary/aromatic N) is 1. The van der Waals surface area contributed by atoms with Gasteiger partial charge in [-0.15, -0.1) is 0 Å². The molecular weight excluding hydrogens is 286 g/mol. The minimum atomic E-state index is 0.365. The van der Waals surface area contributed by atoms with Crippen LogP contribution in [0, 0.1) is 25.2 Å². The summed E-state index contributed by atoms with van der Waals surface area (Å²) in [4.78, 5) is 0. The van der Waals surface area contributed by atoms with Crippen LogP contribution in [0.5, 0.6) is 11.5 Å². The summed E-state index contributed by atoms with van der Waals surface area (Å²) in [5.74, 6) is 1.41. The lowest BCUT2D eigenvalue weighted by Crippen LogP contribution is -2.10. The van der Waals surface area contributed by atoms with Gasteiger partial charge >= 0.3 is 0 Å². The van der Waals surface area contributed by atoms with Crippen molar-refractivity contribution >= 4 is 11.6 Å². The van der Waals surface area contributed by atoms with Gasteiger partial charge in [-0.3, -0.25) is 0 Å². The molecule has 0 aromatic heterocycles. The molecule has 0 N–H and O–H groups in total. The molecule has 0 saturated heterocycles. The monoisotopic (exact) mass is 301 g/mol. The predicted octanol–water partition coefficient (Wildman–Crippen LogP) is 4.29. The van der Waals surface area contributed by atoms with Crippen molar-refractivity contribution in [1.82, 2.24) is 0 Å². The van der Waals surface area contributed by atoms with Crippen molar-refractivity contribution in [2.45, 2.75) is 13.8 Å². The highest BCUT2D eigenvalue weighted by atomic mass is 35.5. The molecule has 0 aliphatic heterocycles. The van der Waals surface area contributed by atoms with E-state index in [2.05, 4.69) is 6.07 Å². The summed E-state index contributed by atoms with van der Waals surface area (Å²) < 4.78 is 11.3. The van der Waals surface area contributed by atoms with Crippen LogP contribution in [0.2, 0.25) is 5.02 Å². The van der Waals surface area contributed by atoms with Crippen LogP contribution in [0.25, 0.3) is 0 Å². The number of rotatable bonds is 5. The molecule has 2 aromatic rings. The molecule has 0 radical (unpaired) electrons. The van der Waals surface area contributed by atoms with Crippen LogP contribution in [0.4, 0.5) is 0 Å². The Labute approximate surface area is 129 Å². The fourth-order valence-electron chi connectivity index (χ4n) is 2.04. The van der Waals surface area contributed by atoms with Crippen LogP contribution in [-0.4, -0.2) is 13.2 Å². The zero-order chi connectivity index (χ0) is 15.2. The van der Waals surface area contributed by atoms with Gasteiger partial charge in [-0.1, -0.05) is 29.8 Å². The lowest BCUT2D eigenvalue weighted by molar-refractivity contribution is 0.215. The molecule has 0 unspecified atom stereocenters. The highest BCUT2D eigenvalue weighted by Crippen LogP contribution is 2.23. The second kappa shape index (κ2) is 7.01. The molecule has 2 aromatic carbocycles. The minimum Gasteiger partial charge on any atom is -0.489 e. The summed E-state index contributed by atoms with van der Waals surface area (Å²) >= 11 is 5.84. The Bertz CT molecular complexity index is 657. The van der Waals surface area contributed by atoms with Crippen molar-refractivity contribution in [2.24, 2.45) is 0 Å². The van der Waals surface area contributed by atoms with Crippen LogP contribution in [-0.2, 0) is 0 Å². The maximum Gasteiger partial charge on any atom is 0.137 e.